The molecule has 1 aromatic carbocycles. The van der Waals surface area contributed by atoms with Gasteiger partial charge in [-0.1, -0.05) is 29.3 Å². The zero-order chi connectivity index (χ0) is 25.2. The van der Waals surface area contributed by atoms with Gasteiger partial charge in [0.25, 0.3) is 0 Å². The highest BCUT2D eigenvalue weighted by Crippen LogP contribution is 2.35. The molecule has 0 saturated carbocycles. The molecule has 10 heteroatoms. The number of benzene rings is 1. The quantitative estimate of drug-likeness (QED) is 0.245. The van der Waals surface area contributed by atoms with Gasteiger partial charge in [0, 0.05) is 60.1 Å². The zero-order valence-electron chi connectivity index (χ0n) is 19.4. The van der Waals surface area contributed by atoms with Crippen molar-refractivity contribution in [3.8, 4) is 22.4 Å². The van der Waals surface area contributed by atoms with E-state index in [2.05, 4.69) is 27.0 Å². The van der Waals surface area contributed by atoms with E-state index < -0.39 is 6.43 Å². The van der Waals surface area contributed by atoms with E-state index in [1.165, 1.54) is 0 Å². The molecule has 4 aromatic heterocycles. The number of aromatic nitrogens is 5. The first-order valence-corrected chi connectivity index (χ1v) is 12.3. The molecular formula is C26H23Cl2F2N5O. The fourth-order valence-corrected chi connectivity index (χ4v) is 4.89. The van der Waals surface area contributed by atoms with Crippen LogP contribution in [-0.4, -0.2) is 43.8 Å². The minimum absolute atomic E-state index is 0.382. The van der Waals surface area contributed by atoms with Crippen molar-refractivity contribution in [3.63, 3.8) is 0 Å². The van der Waals surface area contributed by atoms with Crippen molar-refractivity contribution in [2.45, 2.75) is 32.2 Å². The number of ether oxygens (including phenoxy) is 1. The van der Waals surface area contributed by atoms with Crippen molar-refractivity contribution in [2.24, 2.45) is 0 Å². The Balaban J connectivity index is 0.000000623. The lowest BCUT2D eigenvalue weighted by molar-refractivity contribution is 0.0662. The van der Waals surface area contributed by atoms with Crippen molar-refractivity contribution in [3.05, 3.63) is 71.4 Å². The summed E-state index contributed by atoms with van der Waals surface area (Å²) in [7, 11) is 0. The largest absolute Gasteiger partial charge is 0.381 e. The number of halogens is 4. The lowest BCUT2D eigenvalue weighted by atomic mass is 10.1. The molecule has 5 heterocycles. The third kappa shape index (κ3) is 5.07. The molecule has 0 N–H and O–H groups in total. The lowest BCUT2D eigenvalue weighted by Crippen LogP contribution is -2.19. The molecule has 1 aliphatic rings. The molecule has 0 bridgehead atoms. The molecule has 36 heavy (non-hydrogen) atoms. The summed E-state index contributed by atoms with van der Waals surface area (Å²) in [6, 6.07) is 9.95. The summed E-state index contributed by atoms with van der Waals surface area (Å²) in [6.07, 6.45) is 9.59. The van der Waals surface area contributed by atoms with E-state index in [1.54, 1.807) is 0 Å². The average molecular weight is 530 g/mol. The van der Waals surface area contributed by atoms with Crippen LogP contribution in [0.15, 0.2) is 61.3 Å². The molecule has 6 rings (SSSR count). The van der Waals surface area contributed by atoms with Crippen LogP contribution < -0.4 is 0 Å². The lowest BCUT2D eigenvalue weighted by Gasteiger charge is -2.22. The Morgan fingerprint density at radius 1 is 1.03 bits per heavy atom. The molecule has 0 atom stereocenters. The fraction of sp³-hybridized carbons (Fsp3) is 0.269. The van der Waals surface area contributed by atoms with E-state index in [0.717, 1.165) is 71.9 Å². The first-order valence-electron chi connectivity index (χ1n) is 11.5. The van der Waals surface area contributed by atoms with E-state index in [9.17, 15) is 8.78 Å². The van der Waals surface area contributed by atoms with Gasteiger partial charge in [0.05, 0.1) is 33.5 Å². The summed E-state index contributed by atoms with van der Waals surface area (Å²) >= 11 is 12.8. The van der Waals surface area contributed by atoms with Crippen molar-refractivity contribution in [1.82, 2.24) is 24.1 Å². The molecule has 0 amide bonds. The van der Waals surface area contributed by atoms with E-state index in [4.69, 9.17) is 32.9 Å². The maximum atomic E-state index is 10.3. The summed E-state index contributed by atoms with van der Waals surface area (Å²) in [5, 5.41) is 6.71. The number of imidazole rings is 1. The highest BCUT2D eigenvalue weighted by atomic mass is 35.5. The molecule has 1 fully saturated rings. The fourth-order valence-electron chi connectivity index (χ4n) is 4.30. The summed E-state index contributed by atoms with van der Waals surface area (Å²) in [4.78, 5) is 9.55. The molecule has 5 aromatic rings. The second-order valence-corrected chi connectivity index (χ2v) is 9.31. The van der Waals surface area contributed by atoms with Crippen molar-refractivity contribution in [2.75, 3.05) is 13.2 Å². The molecule has 0 radical (unpaired) electrons. The Morgan fingerprint density at radius 3 is 2.47 bits per heavy atom. The van der Waals surface area contributed by atoms with Gasteiger partial charge in [0.15, 0.2) is 0 Å². The highest BCUT2D eigenvalue weighted by Gasteiger charge is 2.18. The first-order chi connectivity index (χ1) is 17.4. The summed E-state index contributed by atoms with van der Waals surface area (Å²) in [6.45, 7) is 2.40. The Hall–Kier alpha value is -3.07. The van der Waals surface area contributed by atoms with Gasteiger partial charge in [-0.25, -0.2) is 13.8 Å². The van der Waals surface area contributed by atoms with Crippen LogP contribution in [0.3, 0.4) is 0 Å². The Morgan fingerprint density at radius 2 is 1.75 bits per heavy atom. The van der Waals surface area contributed by atoms with Crippen LogP contribution in [0.1, 0.15) is 25.8 Å². The molecule has 0 unspecified atom stereocenters. The van der Waals surface area contributed by atoms with E-state index >= 15 is 0 Å². The van der Waals surface area contributed by atoms with Gasteiger partial charge in [0.2, 0.25) is 6.43 Å². The molecule has 0 aliphatic carbocycles. The van der Waals surface area contributed by atoms with Crippen LogP contribution in [0.2, 0.25) is 10.0 Å². The third-order valence-corrected chi connectivity index (χ3v) is 6.63. The van der Waals surface area contributed by atoms with Gasteiger partial charge in [-0.05, 0) is 44.0 Å². The van der Waals surface area contributed by atoms with E-state index in [-0.39, 0.29) is 0 Å². The molecule has 186 valence electrons. The molecule has 1 saturated heterocycles. The normalized spacial score (nSPS) is 14.4. The van der Waals surface area contributed by atoms with Crippen LogP contribution in [0, 0.1) is 0 Å². The number of fused-ring (bicyclic) bond motifs is 3. The number of pyridine rings is 2. The van der Waals surface area contributed by atoms with Gasteiger partial charge in [-0.15, -0.1) is 0 Å². The maximum absolute atomic E-state index is 10.3. The average Bonchev–Trinajstić information content (AvgIpc) is 3.52. The zero-order valence-corrected chi connectivity index (χ0v) is 20.9. The summed E-state index contributed by atoms with van der Waals surface area (Å²) < 4.78 is 30.2. The number of rotatable bonds is 3. The predicted molar refractivity (Wildman–Crippen MR) is 138 cm³/mol. The molecule has 0 spiro atoms. The number of hydrogen-bond donors (Lipinski definition) is 0. The Bertz CT molecular complexity index is 1490. The van der Waals surface area contributed by atoms with Crippen LogP contribution >= 0.6 is 23.2 Å². The number of alkyl halides is 2. The second-order valence-electron chi connectivity index (χ2n) is 8.50. The predicted octanol–water partition coefficient (Wildman–Crippen LogP) is 7.34. The van der Waals surface area contributed by atoms with Gasteiger partial charge in [0.1, 0.15) is 5.65 Å². The summed E-state index contributed by atoms with van der Waals surface area (Å²) in [5.74, 6) is 0. The molecular weight excluding hydrogens is 507 g/mol. The Labute approximate surface area is 216 Å². The first kappa shape index (κ1) is 24.6. The number of nitrogens with zero attached hydrogens (tertiary/aromatic N) is 5. The van der Waals surface area contributed by atoms with E-state index in [0.29, 0.717) is 16.1 Å². The van der Waals surface area contributed by atoms with Crippen molar-refractivity contribution >= 4 is 39.8 Å². The minimum Gasteiger partial charge on any atom is -0.381 e. The summed E-state index contributed by atoms with van der Waals surface area (Å²) in [5.41, 5.74) is 5.18. The van der Waals surface area contributed by atoms with Crippen LogP contribution in [-0.2, 0) is 4.74 Å². The van der Waals surface area contributed by atoms with Gasteiger partial charge in [-0.3, -0.25) is 9.67 Å². The third-order valence-electron chi connectivity index (χ3n) is 6.00. The topological polar surface area (TPSA) is 57.2 Å². The van der Waals surface area contributed by atoms with Gasteiger partial charge >= 0.3 is 0 Å². The van der Waals surface area contributed by atoms with Crippen LogP contribution in [0.25, 0.3) is 38.9 Å². The van der Waals surface area contributed by atoms with Gasteiger partial charge in [-0.2, -0.15) is 5.10 Å². The minimum atomic E-state index is -2.17. The molecule has 1 aliphatic heterocycles. The standard InChI is InChI=1S/C24H19Cl2N5O.C2H4F2/c25-19-2-1-3-20(26)23(19)22-14-30-7-4-21-18(24(30)29-22)10-15(11-27-21)16-12-28-31(13-16)17-5-8-32-9-6-17;1-2(3)4/h1-4,7,10-14,17H,5-6,8-9H2;2H,1H3. The Kier molecular flexibility index (Phi) is 7.18. The van der Waals surface area contributed by atoms with Crippen LogP contribution in [0.4, 0.5) is 8.78 Å². The smallest absolute Gasteiger partial charge is 0.235 e. The van der Waals surface area contributed by atoms with Crippen LogP contribution in [0.5, 0.6) is 0 Å². The van der Waals surface area contributed by atoms with E-state index in [1.807, 2.05) is 53.5 Å². The van der Waals surface area contributed by atoms with Gasteiger partial charge < -0.3 is 9.14 Å². The SMILES string of the molecule is CC(F)F.Clc1cccc(Cl)c1-c1cn2ccc3ncc(-c4cnn(C5CCOCC5)c4)cc3c2n1. The highest BCUT2D eigenvalue weighted by molar-refractivity contribution is 6.39. The molecule has 6 nitrogen and oxygen atoms in total. The second kappa shape index (κ2) is 10.5. The van der Waals surface area contributed by atoms with Crippen molar-refractivity contribution < 1.29 is 13.5 Å². The number of hydrogen-bond acceptors (Lipinski definition) is 4. The maximum Gasteiger partial charge on any atom is 0.235 e. The van der Waals surface area contributed by atoms with Crippen molar-refractivity contribution in [1.29, 1.82) is 0 Å². The monoisotopic (exact) mass is 529 g/mol.